The van der Waals surface area contributed by atoms with Crippen molar-refractivity contribution in [1.82, 2.24) is 5.32 Å². The Balaban J connectivity index is 1.40. The smallest absolute Gasteiger partial charge is 0.223 e. The van der Waals surface area contributed by atoms with Crippen molar-refractivity contribution in [3.05, 3.63) is 53.6 Å². The van der Waals surface area contributed by atoms with E-state index in [2.05, 4.69) is 11.4 Å². The van der Waals surface area contributed by atoms with Gasteiger partial charge >= 0.3 is 0 Å². The van der Waals surface area contributed by atoms with Gasteiger partial charge in [-0.2, -0.15) is 0 Å². The minimum absolute atomic E-state index is 0.00721. The Bertz CT molecular complexity index is 965. The Kier molecular flexibility index (Phi) is 5.65. The largest absolute Gasteiger partial charge is 0.488 e. The van der Waals surface area contributed by atoms with Gasteiger partial charge in [0.15, 0.2) is 5.78 Å². The van der Waals surface area contributed by atoms with Crippen molar-refractivity contribution in [3.8, 4) is 16.9 Å². The zero-order chi connectivity index (χ0) is 21.3. The van der Waals surface area contributed by atoms with E-state index in [0.29, 0.717) is 13.2 Å². The lowest BCUT2D eigenvalue weighted by Crippen LogP contribution is -2.43. The molecule has 2 aliphatic heterocycles. The number of fused-ring (bicyclic) bond motifs is 1. The summed E-state index contributed by atoms with van der Waals surface area (Å²) >= 11 is 0. The number of carbonyl (C=O) groups is 2. The van der Waals surface area contributed by atoms with Crippen LogP contribution >= 0.6 is 0 Å². The molecule has 5 heteroatoms. The maximum atomic E-state index is 12.6. The van der Waals surface area contributed by atoms with Crippen molar-refractivity contribution >= 4 is 11.7 Å². The van der Waals surface area contributed by atoms with E-state index < -0.39 is 0 Å². The van der Waals surface area contributed by atoms with Crippen molar-refractivity contribution in [2.45, 2.75) is 51.7 Å². The van der Waals surface area contributed by atoms with Crippen LogP contribution in [0.1, 0.15) is 49.5 Å². The lowest BCUT2D eigenvalue weighted by atomic mass is 9.88. The average molecular weight is 408 g/mol. The van der Waals surface area contributed by atoms with Gasteiger partial charge in [0.25, 0.3) is 0 Å². The van der Waals surface area contributed by atoms with E-state index in [0.717, 1.165) is 47.3 Å². The van der Waals surface area contributed by atoms with E-state index in [4.69, 9.17) is 9.47 Å². The van der Waals surface area contributed by atoms with Crippen LogP contribution in [-0.4, -0.2) is 36.5 Å². The first-order valence-corrected chi connectivity index (χ1v) is 10.6. The van der Waals surface area contributed by atoms with Crippen LogP contribution in [0.5, 0.6) is 5.75 Å². The highest BCUT2D eigenvalue weighted by Gasteiger charge is 2.33. The Morgan fingerprint density at radius 1 is 1.17 bits per heavy atom. The predicted molar refractivity (Wildman–Crippen MR) is 116 cm³/mol. The van der Waals surface area contributed by atoms with Gasteiger partial charge in [0.05, 0.1) is 12.1 Å². The normalized spacial score (nSPS) is 22.1. The summed E-state index contributed by atoms with van der Waals surface area (Å²) in [7, 11) is 0. The van der Waals surface area contributed by atoms with Crippen molar-refractivity contribution in [3.63, 3.8) is 0 Å². The summed E-state index contributed by atoms with van der Waals surface area (Å²) < 4.78 is 11.8. The van der Waals surface area contributed by atoms with E-state index in [-0.39, 0.29) is 29.3 Å². The second-order valence-corrected chi connectivity index (χ2v) is 8.91. The van der Waals surface area contributed by atoms with Gasteiger partial charge in [-0.1, -0.05) is 30.3 Å². The molecule has 0 aliphatic carbocycles. The van der Waals surface area contributed by atoms with Gasteiger partial charge in [-0.05, 0) is 62.4 Å². The zero-order valence-electron chi connectivity index (χ0n) is 17.9. The molecule has 2 aliphatic rings. The molecule has 5 nitrogen and oxygen atoms in total. The highest BCUT2D eigenvalue weighted by atomic mass is 16.5. The molecule has 2 aromatic rings. The molecule has 30 heavy (non-hydrogen) atoms. The van der Waals surface area contributed by atoms with E-state index in [9.17, 15) is 9.59 Å². The number of benzene rings is 2. The number of amides is 1. The first-order valence-electron chi connectivity index (χ1n) is 10.6. The second kappa shape index (κ2) is 8.23. The molecule has 4 rings (SSSR count). The number of ketones is 1. The van der Waals surface area contributed by atoms with Gasteiger partial charge in [0.2, 0.25) is 5.91 Å². The highest BCUT2D eigenvalue weighted by molar-refractivity contribution is 6.00. The number of rotatable bonds is 5. The quantitative estimate of drug-likeness (QED) is 0.755. The van der Waals surface area contributed by atoms with Crippen LogP contribution in [0.15, 0.2) is 42.5 Å². The van der Waals surface area contributed by atoms with Crippen LogP contribution in [0, 0.1) is 5.92 Å². The fourth-order valence-electron chi connectivity index (χ4n) is 4.46. The molecule has 2 aromatic carbocycles. The third kappa shape index (κ3) is 4.41. The van der Waals surface area contributed by atoms with Gasteiger partial charge in [-0.15, -0.1) is 0 Å². The van der Waals surface area contributed by atoms with Crippen LogP contribution in [-0.2, 0) is 16.0 Å². The molecule has 2 heterocycles. The number of hydrogen-bond acceptors (Lipinski definition) is 4. The lowest BCUT2D eigenvalue weighted by Gasteiger charge is -2.34. The first kappa shape index (κ1) is 20.6. The summed E-state index contributed by atoms with van der Waals surface area (Å²) in [5.41, 5.74) is 3.54. The molecule has 158 valence electrons. The second-order valence-electron chi connectivity index (χ2n) is 8.91. The molecule has 1 N–H and O–H groups in total. The Morgan fingerprint density at radius 3 is 2.73 bits per heavy atom. The molecular formula is C25H29NO4. The minimum Gasteiger partial charge on any atom is -0.488 e. The molecule has 0 spiro atoms. The molecule has 0 radical (unpaired) electrons. The third-order valence-corrected chi connectivity index (χ3v) is 5.99. The van der Waals surface area contributed by atoms with E-state index in [1.165, 1.54) is 0 Å². The van der Waals surface area contributed by atoms with Crippen molar-refractivity contribution in [2.24, 2.45) is 5.92 Å². The number of ether oxygens (including phenoxy) is 2. The van der Waals surface area contributed by atoms with Crippen LogP contribution in [0.25, 0.3) is 11.1 Å². The molecule has 0 unspecified atom stereocenters. The van der Waals surface area contributed by atoms with E-state index in [1.54, 1.807) is 6.92 Å². The Hall–Kier alpha value is -2.66. The maximum Gasteiger partial charge on any atom is 0.223 e. The third-order valence-electron chi connectivity index (χ3n) is 5.99. The summed E-state index contributed by atoms with van der Waals surface area (Å²) in [5, 5.41) is 3.07. The topological polar surface area (TPSA) is 64.6 Å². The van der Waals surface area contributed by atoms with Crippen LogP contribution < -0.4 is 10.1 Å². The van der Waals surface area contributed by atoms with Crippen LogP contribution in [0.2, 0.25) is 0 Å². The van der Waals surface area contributed by atoms with Crippen LogP contribution in [0.3, 0.4) is 0 Å². The average Bonchev–Trinajstić information content (AvgIpc) is 3.13. The van der Waals surface area contributed by atoms with Gasteiger partial charge < -0.3 is 14.8 Å². The minimum atomic E-state index is -0.243. The monoisotopic (exact) mass is 407 g/mol. The summed E-state index contributed by atoms with van der Waals surface area (Å²) in [4.78, 5) is 24.6. The number of nitrogens with one attached hydrogen (secondary N) is 1. The van der Waals surface area contributed by atoms with Crippen molar-refractivity contribution < 1.29 is 19.1 Å². The summed E-state index contributed by atoms with van der Waals surface area (Å²) in [6, 6.07) is 13.7. The van der Waals surface area contributed by atoms with E-state index >= 15 is 0 Å². The summed E-state index contributed by atoms with van der Waals surface area (Å²) in [6.45, 7) is 6.77. The molecular weight excluding hydrogens is 378 g/mol. The fourth-order valence-corrected chi connectivity index (χ4v) is 4.46. The molecule has 1 amide bonds. The number of Topliss-reactive ketones (excluding diaryl/α,β-unsaturated/α-hetero) is 1. The molecule has 0 bridgehead atoms. The lowest BCUT2D eigenvalue weighted by molar-refractivity contribution is -0.135. The number of carbonyl (C=O) groups excluding carboxylic acids is 2. The zero-order valence-corrected chi connectivity index (χ0v) is 17.9. The van der Waals surface area contributed by atoms with E-state index in [1.807, 2.05) is 50.2 Å². The Morgan fingerprint density at radius 2 is 1.97 bits per heavy atom. The molecule has 0 saturated carbocycles. The van der Waals surface area contributed by atoms with Gasteiger partial charge in [0.1, 0.15) is 11.9 Å². The maximum absolute atomic E-state index is 12.6. The van der Waals surface area contributed by atoms with Crippen molar-refractivity contribution in [1.29, 1.82) is 0 Å². The summed E-state index contributed by atoms with van der Waals surface area (Å²) in [5.74, 6) is 0.985. The molecule has 0 aromatic heterocycles. The molecule has 1 saturated heterocycles. The Labute approximate surface area is 177 Å². The predicted octanol–water partition coefficient (Wildman–Crippen LogP) is 4.18. The number of hydrogen-bond donors (Lipinski definition) is 1. The molecule has 2 atom stereocenters. The molecule has 1 fully saturated rings. The van der Waals surface area contributed by atoms with Gasteiger partial charge in [-0.3, -0.25) is 9.59 Å². The fraction of sp³-hybridized carbons (Fsp3) is 0.440. The van der Waals surface area contributed by atoms with Crippen LogP contribution in [0.4, 0.5) is 0 Å². The SMILES string of the molecule is CC(=O)c1ccccc1-c1ccc2c(c1)C[C@@H](CNC(=O)[C@@H]1CCOC(C)(C)C1)O2. The summed E-state index contributed by atoms with van der Waals surface area (Å²) in [6.07, 6.45) is 2.17. The van der Waals surface area contributed by atoms with Gasteiger partial charge in [-0.25, -0.2) is 0 Å². The van der Waals surface area contributed by atoms with Crippen molar-refractivity contribution in [2.75, 3.05) is 13.2 Å². The standard InChI is InChI=1S/C25H29NO4/c1-16(27)21-6-4-5-7-22(21)17-8-9-23-19(12-17)13-20(30-23)15-26-24(28)18-10-11-29-25(2,3)14-18/h4-9,12,18,20H,10-11,13-15H2,1-3H3,(H,26,28)/t18-,20+/m1/s1. The highest BCUT2D eigenvalue weighted by Crippen LogP contribution is 2.34. The van der Waals surface area contributed by atoms with Gasteiger partial charge in [0, 0.05) is 24.5 Å². The first-order chi connectivity index (χ1) is 14.3.